The van der Waals surface area contributed by atoms with E-state index < -0.39 is 0 Å². The first-order chi connectivity index (χ1) is 15.6. The third kappa shape index (κ3) is 5.72. The van der Waals surface area contributed by atoms with Gasteiger partial charge in [0.2, 0.25) is 0 Å². The van der Waals surface area contributed by atoms with Crippen LogP contribution in [0, 0.1) is 0 Å². The van der Waals surface area contributed by atoms with Gasteiger partial charge in [-0.05, 0) is 41.7 Å². The minimum atomic E-state index is -0.367. The lowest BCUT2D eigenvalue weighted by Crippen LogP contribution is -2.35. The molecule has 1 saturated heterocycles. The van der Waals surface area contributed by atoms with E-state index in [9.17, 15) is 14.7 Å². The van der Waals surface area contributed by atoms with Gasteiger partial charge < -0.3 is 15.0 Å². The molecule has 1 aromatic heterocycles. The van der Waals surface area contributed by atoms with E-state index in [1.807, 2.05) is 42.5 Å². The number of nitrogens with zero attached hydrogens (tertiary/aromatic N) is 2. The van der Waals surface area contributed by atoms with E-state index >= 15 is 0 Å². The molecule has 0 saturated carbocycles. The highest BCUT2D eigenvalue weighted by Crippen LogP contribution is 2.14. The summed E-state index contributed by atoms with van der Waals surface area (Å²) in [6, 6.07) is 21.2. The van der Waals surface area contributed by atoms with Crippen molar-refractivity contribution in [2.45, 2.75) is 38.6 Å². The van der Waals surface area contributed by atoms with E-state index in [1.165, 1.54) is 5.56 Å². The third-order valence-corrected chi connectivity index (χ3v) is 5.90. The number of carbonyl (C=O) groups is 1. The molecular weight excluding hydrogens is 402 g/mol. The molecule has 0 atom stereocenters. The van der Waals surface area contributed by atoms with Crippen molar-refractivity contribution in [3.05, 3.63) is 106 Å². The molecule has 0 bridgehead atoms. The lowest BCUT2D eigenvalue weighted by molar-refractivity contribution is 0.0792. The van der Waals surface area contributed by atoms with Crippen molar-refractivity contribution in [3.63, 3.8) is 0 Å². The maximum atomic E-state index is 12.8. The number of carbonyl (C=O) groups excluding carboxylic acids is 1. The van der Waals surface area contributed by atoms with Crippen molar-refractivity contribution in [1.29, 1.82) is 0 Å². The third-order valence-electron chi connectivity index (χ3n) is 5.90. The second kappa shape index (κ2) is 10.4. The Morgan fingerprint density at radius 3 is 2.25 bits per heavy atom. The molecule has 1 aliphatic heterocycles. The number of aliphatic hydroxyl groups excluding tert-OH is 1. The number of hydrogen-bond donors (Lipinski definition) is 2. The Morgan fingerprint density at radius 1 is 0.875 bits per heavy atom. The number of nitrogens with one attached hydrogen (secondary N) is 1. The molecule has 1 fully saturated rings. The van der Waals surface area contributed by atoms with Gasteiger partial charge in [-0.1, -0.05) is 54.6 Å². The van der Waals surface area contributed by atoms with Gasteiger partial charge in [0, 0.05) is 32.4 Å². The SMILES string of the molecule is O=C(NCc1ccc(CN2CCC(O)CC2)cc1)c1cccn(Cc2ccccc2)c1=O. The highest BCUT2D eigenvalue weighted by Gasteiger charge is 2.17. The number of hydrogen-bond acceptors (Lipinski definition) is 4. The van der Waals surface area contributed by atoms with Crippen LogP contribution in [0.25, 0.3) is 0 Å². The average molecular weight is 432 g/mol. The van der Waals surface area contributed by atoms with Crippen LogP contribution in [0.4, 0.5) is 0 Å². The zero-order valence-electron chi connectivity index (χ0n) is 18.1. The van der Waals surface area contributed by atoms with Crippen LogP contribution in [0.3, 0.4) is 0 Å². The number of pyridine rings is 1. The topological polar surface area (TPSA) is 74.6 Å². The summed E-state index contributed by atoms with van der Waals surface area (Å²) in [6.07, 6.45) is 3.20. The van der Waals surface area contributed by atoms with Crippen molar-refractivity contribution in [3.8, 4) is 0 Å². The summed E-state index contributed by atoms with van der Waals surface area (Å²) in [5.41, 5.74) is 3.05. The predicted molar refractivity (Wildman–Crippen MR) is 124 cm³/mol. The number of aromatic nitrogens is 1. The van der Waals surface area contributed by atoms with Gasteiger partial charge in [0.05, 0.1) is 12.6 Å². The van der Waals surface area contributed by atoms with Gasteiger partial charge in [-0.3, -0.25) is 14.5 Å². The van der Waals surface area contributed by atoms with Crippen LogP contribution >= 0.6 is 0 Å². The second-order valence-corrected chi connectivity index (χ2v) is 8.35. The summed E-state index contributed by atoms with van der Waals surface area (Å²) in [6.45, 7) is 3.49. The van der Waals surface area contributed by atoms with Crippen molar-refractivity contribution < 1.29 is 9.90 Å². The van der Waals surface area contributed by atoms with Gasteiger partial charge in [0.25, 0.3) is 11.5 Å². The molecule has 0 aliphatic carbocycles. The monoisotopic (exact) mass is 431 g/mol. The van der Waals surface area contributed by atoms with Crippen molar-refractivity contribution in [2.24, 2.45) is 0 Å². The van der Waals surface area contributed by atoms with E-state index in [0.29, 0.717) is 13.1 Å². The van der Waals surface area contributed by atoms with E-state index in [1.54, 1.807) is 22.9 Å². The van der Waals surface area contributed by atoms with Gasteiger partial charge in [-0.25, -0.2) is 0 Å². The molecule has 0 unspecified atom stereocenters. The molecule has 2 N–H and O–H groups in total. The summed E-state index contributed by atoms with van der Waals surface area (Å²) < 4.78 is 1.55. The van der Waals surface area contributed by atoms with Gasteiger partial charge >= 0.3 is 0 Å². The fraction of sp³-hybridized carbons (Fsp3) is 0.308. The van der Waals surface area contributed by atoms with Crippen LogP contribution in [0.1, 0.15) is 39.9 Å². The van der Waals surface area contributed by atoms with Gasteiger partial charge in [-0.2, -0.15) is 0 Å². The highest BCUT2D eigenvalue weighted by molar-refractivity contribution is 5.93. The van der Waals surface area contributed by atoms with Crippen molar-refractivity contribution in [1.82, 2.24) is 14.8 Å². The average Bonchev–Trinajstić information content (AvgIpc) is 2.82. The summed E-state index contributed by atoms with van der Waals surface area (Å²) in [5, 5.41) is 12.5. The summed E-state index contributed by atoms with van der Waals surface area (Å²) in [5.74, 6) is -0.367. The Hall–Kier alpha value is -3.22. The van der Waals surface area contributed by atoms with E-state index in [-0.39, 0.29) is 23.1 Å². The standard InChI is InChI=1S/C26H29N3O3/c30-23-12-15-28(16-13-23)18-22-10-8-20(9-11-22)17-27-25(31)24-7-4-14-29(26(24)32)19-21-5-2-1-3-6-21/h1-11,14,23,30H,12-13,15-19H2,(H,27,31). The first-order valence-electron chi connectivity index (χ1n) is 11.1. The zero-order valence-corrected chi connectivity index (χ0v) is 18.1. The lowest BCUT2D eigenvalue weighted by Gasteiger charge is -2.29. The molecule has 166 valence electrons. The van der Waals surface area contributed by atoms with Gasteiger partial charge in [0.1, 0.15) is 5.56 Å². The largest absolute Gasteiger partial charge is 0.393 e. The Bertz CT molecular complexity index is 1090. The second-order valence-electron chi connectivity index (χ2n) is 8.35. The van der Waals surface area contributed by atoms with Crippen LogP contribution in [-0.2, 0) is 19.6 Å². The highest BCUT2D eigenvalue weighted by atomic mass is 16.3. The minimum Gasteiger partial charge on any atom is -0.393 e. The Labute approximate surface area is 188 Å². The molecule has 3 aromatic rings. The van der Waals surface area contributed by atoms with E-state index in [4.69, 9.17) is 0 Å². The number of rotatable bonds is 7. The van der Waals surface area contributed by atoms with Crippen molar-refractivity contribution in [2.75, 3.05) is 13.1 Å². The van der Waals surface area contributed by atoms with Gasteiger partial charge in [-0.15, -0.1) is 0 Å². The first kappa shape index (κ1) is 22.0. The molecule has 32 heavy (non-hydrogen) atoms. The molecule has 2 aromatic carbocycles. The Balaban J connectivity index is 1.33. The molecule has 6 heteroatoms. The lowest BCUT2D eigenvalue weighted by atomic mass is 10.1. The molecule has 4 rings (SSSR count). The number of amides is 1. The quantitative estimate of drug-likeness (QED) is 0.603. The molecule has 6 nitrogen and oxygen atoms in total. The minimum absolute atomic E-state index is 0.146. The summed E-state index contributed by atoms with van der Waals surface area (Å²) in [4.78, 5) is 27.8. The fourth-order valence-electron chi connectivity index (χ4n) is 3.99. The molecular formula is C26H29N3O3. The maximum Gasteiger partial charge on any atom is 0.263 e. The predicted octanol–water partition coefficient (Wildman–Crippen LogP) is 2.78. The molecule has 0 spiro atoms. The first-order valence-corrected chi connectivity index (χ1v) is 11.1. The van der Waals surface area contributed by atoms with Crippen LogP contribution in [0.2, 0.25) is 0 Å². The number of aliphatic hydroxyl groups is 1. The number of piperidine rings is 1. The van der Waals surface area contributed by atoms with Gasteiger partial charge in [0.15, 0.2) is 0 Å². The van der Waals surface area contributed by atoms with Crippen LogP contribution < -0.4 is 10.9 Å². The maximum absolute atomic E-state index is 12.8. The van der Waals surface area contributed by atoms with Crippen LogP contribution in [0.5, 0.6) is 0 Å². The Morgan fingerprint density at radius 2 is 1.53 bits per heavy atom. The Kier molecular flexibility index (Phi) is 7.14. The van der Waals surface area contributed by atoms with E-state index in [0.717, 1.165) is 43.6 Å². The number of benzene rings is 2. The molecule has 2 heterocycles. The molecule has 1 amide bonds. The summed E-state index contributed by atoms with van der Waals surface area (Å²) in [7, 11) is 0. The number of likely N-dealkylation sites (tertiary alicyclic amines) is 1. The van der Waals surface area contributed by atoms with Crippen LogP contribution in [-0.4, -0.2) is 39.7 Å². The summed E-state index contributed by atoms with van der Waals surface area (Å²) >= 11 is 0. The molecule has 1 aliphatic rings. The van der Waals surface area contributed by atoms with Crippen molar-refractivity contribution >= 4 is 5.91 Å². The normalized spacial score (nSPS) is 14.9. The molecule has 0 radical (unpaired) electrons. The fourth-order valence-corrected chi connectivity index (χ4v) is 3.99. The smallest absolute Gasteiger partial charge is 0.263 e. The zero-order chi connectivity index (χ0) is 22.3. The van der Waals surface area contributed by atoms with E-state index in [2.05, 4.69) is 22.3 Å². The van der Waals surface area contributed by atoms with Crippen LogP contribution in [0.15, 0.2) is 77.7 Å².